The number of piperidine rings is 1. The molecule has 1 aliphatic rings. The van der Waals surface area contributed by atoms with Gasteiger partial charge < -0.3 is 10.2 Å². The Hall–Kier alpha value is -1.24. The van der Waals surface area contributed by atoms with Crippen molar-refractivity contribution in [1.82, 2.24) is 9.97 Å². The maximum absolute atomic E-state index is 12.9. The average Bonchev–Trinajstić information content (AvgIpc) is 2.45. The number of halogens is 4. The van der Waals surface area contributed by atoms with Gasteiger partial charge in [0.2, 0.25) is 5.95 Å². The van der Waals surface area contributed by atoms with Gasteiger partial charge in [-0.2, -0.15) is 18.2 Å². The summed E-state index contributed by atoms with van der Waals surface area (Å²) in [5.74, 6) is -0.561. The Labute approximate surface area is 126 Å². The molecular weight excluding hydrogens is 305 g/mol. The quantitative estimate of drug-likeness (QED) is 0.917. The Morgan fingerprint density at radius 3 is 2.90 bits per heavy atom. The van der Waals surface area contributed by atoms with Gasteiger partial charge >= 0.3 is 6.18 Å². The summed E-state index contributed by atoms with van der Waals surface area (Å²) in [6.45, 7) is 3.12. The van der Waals surface area contributed by atoms with Gasteiger partial charge in [0, 0.05) is 19.6 Å². The zero-order chi connectivity index (χ0) is 15.5. The average molecular weight is 323 g/mol. The summed E-state index contributed by atoms with van der Waals surface area (Å²) in [7, 11) is 0. The Morgan fingerprint density at radius 2 is 2.24 bits per heavy atom. The van der Waals surface area contributed by atoms with E-state index in [4.69, 9.17) is 11.6 Å². The van der Waals surface area contributed by atoms with E-state index >= 15 is 0 Å². The largest absolute Gasteiger partial charge is 0.393 e. The number of nitrogens with one attached hydrogen (secondary N) is 1. The molecule has 1 saturated heterocycles. The van der Waals surface area contributed by atoms with E-state index in [2.05, 4.69) is 15.3 Å². The minimum atomic E-state index is -4.18. The summed E-state index contributed by atoms with van der Waals surface area (Å²) in [5, 5.41) is 3.29. The van der Waals surface area contributed by atoms with Gasteiger partial charge in [0.1, 0.15) is 5.02 Å². The lowest BCUT2D eigenvalue weighted by molar-refractivity contribution is -0.176. The lowest BCUT2D eigenvalue weighted by Gasteiger charge is -2.34. The van der Waals surface area contributed by atoms with Crippen molar-refractivity contribution in [2.24, 2.45) is 5.92 Å². The third-order valence-corrected chi connectivity index (χ3v) is 3.71. The number of nitrogens with zero attached hydrogens (tertiary/aromatic N) is 3. The van der Waals surface area contributed by atoms with Crippen molar-refractivity contribution in [2.75, 3.05) is 29.9 Å². The van der Waals surface area contributed by atoms with Crippen molar-refractivity contribution in [3.8, 4) is 0 Å². The smallest absolute Gasteiger partial charge is 0.355 e. The van der Waals surface area contributed by atoms with Crippen LogP contribution in [0.5, 0.6) is 0 Å². The molecule has 0 bridgehead atoms. The zero-order valence-electron chi connectivity index (χ0n) is 11.8. The van der Waals surface area contributed by atoms with E-state index < -0.39 is 12.1 Å². The molecule has 21 heavy (non-hydrogen) atoms. The highest BCUT2D eigenvalue weighted by molar-refractivity contribution is 6.32. The van der Waals surface area contributed by atoms with Gasteiger partial charge in [-0.15, -0.1) is 0 Å². The highest BCUT2D eigenvalue weighted by Crippen LogP contribution is 2.36. The van der Waals surface area contributed by atoms with E-state index in [9.17, 15) is 13.2 Å². The van der Waals surface area contributed by atoms with E-state index in [0.29, 0.717) is 31.3 Å². The van der Waals surface area contributed by atoms with E-state index in [1.807, 2.05) is 6.92 Å². The monoisotopic (exact) mass is 322 g/mol. The van der Waals surface area contributed by atoms with E-state index in [1.165, 1.54) is 6.20 Å². The van der Waals surface area contributed by atoms with E-state index in [1.54, 1.807) is 4.90 Å². The zero-order valence-corrected chi connectivity index (χ0v) is 12.5. The Bertz CT molecular complexity index is 481. The molecule has 0 amide bonds. The fraction of sp³-hybridized carbons (Fsp3) is 0.692. The van der Waals surface area contributed by atoms with Crippen LogP contribution in [0.4, 0.5) is 24.9 Å². The first-order chi connectivity index (χ1) is 9.91. The molecule has 2 rings (SSSR count). The first-order valence-electron chi connectivity index (χ1n) is 7.00. The first-order valence-corrected chi connectivity index (χ1v) is 7.37. The van der Waals surface area contributed by atoms with Crippen molar-refractivity contribution in [2.45, 2.75) is 32.4 Å². The second-order valence-electron chi connectivity index (χ2n) is 5.12. The molecule has 118 valence electrons. The lowest BCUT2D eigenvalue weighted by atomic mass is 9.97. The molecule has 0 aliphatic carbocycles. The predicted octanol–water partition coefficient (Wildman–Crippen LogP) is 3.73. The fourth-order valence-corrected chi connectivity index (χ4v) is 2.55. The minimum Gasteiger partial charge on any atom is -0.355 e. The van der Waals surface area contributed by atoms with Gasteiger partial charge in [-0.05, 0) is 19.3 Å². The van der Waals surface area contributed by atoms with Crippen LogP contribution in [0.1, 0.15) is 26.2 Å². The third kappa shape index (κ3) is 4.12. The summed E-state index contributed by atoms with van der Waals surface area (Å²) in [6.07, 6.45) is -1.21. The van der Waals surface area contributed by atoms with Gasteiger partial charge in [0.15, 0.2) is 5.82 Å². The molecule has 0 radical (unpaired) electrons. The van der Waals surface area contributed by atoms with Crippen molar-refractivity contribution >= 4 is 23.4 Å². The number of hydrogen-bond acceptors (Lipinski definition) is 4. The molecule has 0 saturated carbocycles. The van der Waals surface area contributed by atoms with Crippen LogP contribution in [0.2, 0.25) is 5.02 Å². The predicted molar refractivity (Wildman–Crippen MR) is 76.8 cm³/mol. The van der Waals surface area contributed by atoms with Crippen LogP contribution in [0.15, 0.2) is 6.20 Å². The Balaban J connectivity index is 2.16. The molecule has 0 aromatic carbocycles. The molecule has 1 N–H and O–H groups in total. The summed E-state index contributed by atoms with van der Waals surface area (Å²) in [5.41, 5.74) is 0. The molecular formula is C13H18ClF3N4. The SMILES string of the molecule is CCCNc1ncc(Cl)c(N2CCCC(C(F)(F)F)C2)n1. The van der Waals surface area contributed by atoms with Gasteiger partial charge in [-0.25, -0.2) is 4.98 Å². The minimum absolute atomic E-state index is 0.104. The van der Waals surface area contributed by atoms with Gasteiger partial charge in [-0.3, -0.25) is 0 Å². The van der Waals surface area contributed by atoms with Crippen molar-refractivity contribution in [3.63, 3.8) is 0 Å². The van der Waals surface area contributed by atoms with Gasteiger partial charge in [0.25, 0.3) is 0 Å². The van der Waals surface area contributed by atoms with Crippen LogP contribution >= 0.6 is 11.6 Å². The van der Waals surface area contributed by atoms with Crippen molar-refractivity contribution in [1.29, 1.82) is 0 Å². The highest BCUT2D eigenvalue weighted by Gasteiger charge is 2.42. The summed E-state index contributed by atoms with van der Waals surface area (Å²) in [4.78, 5) is 9.89. The summed E-state index contributed by atoms with van der Waals surface area (Å²) < 4.78 is 38.6. The van der Waals surface area contributed by atoms with Crippen molar-refractivity contribution in [3.05, 3.63) is 11.2 Å². The Morgan fingerprint density at radius 1 is 1.48 bits per heavy atom. The maximum atomic E-state index is 12.9. The molecule has 1 aliphatic heterocycles. The second-order valence-corrected chi connectivity index (χ2v) is 5.53. The summed E-state index contributed by atoms with van der Waals surface area (Å²) in [6, 6.07) is 0. The standard InChI is InChI=1S/C13H18ClF3N4/c1-2-5-18-12-19-7-10(14)11(20-12)21-6-3-4-9(8-21)13(15,16)17/h7,9H,2-6,8H2,1H3,(H,18,19,20). The van der Waals surface area contributed by atoms with Gasteiger partial charge in [0.05, 0.1) is 12.1 Å². The molecule has 1 aromatic heterocycles. The molecule has 1 fully saturated rings. The maximum Gasteiger partial charge on any atom is 0.393 e. The lowest BCUT2D eigenvalue weighted by Crippen LogP contribution is -2.42. The molecule has 1 atom stereocenters. The second kappa shape index (κ2) is 6.68. The van der Waals surface area contributed by atoms with Crippen LogP contribution in [-0.4, -0.2) is 35.8 Å². The molecule has 2 heterocycles. The van der Waals surface area contributed by atoms with Crippen LogP contribution in [0.25, 0.3) is 0 Å². The highest BCUT2D eigenvalue weighted by atomic mass is 35.5. The topological polar surface area (TPSA) is 41.1 Å². The van der Waals surface area contributed by atoms with Crippen LogP contribution in [0.3, 0.4) is 0 Å². The third-order valence-electron chi connectivity index (χ3n) is 3.44. The molecule has 1 unspecified atom stereocenters. The van der Waals surface area contributed by atoms with E-state index in [0.717, 1.165) is 6.42 Å². The molecule has 1 aromatic rings. The van der Waals surface area contributed by atoms with Crippen LogP contribution in [0, 0.1) is 5.92 Å². The number of anilines is 2. The van der Waals surface area contributed by atoms with Gasteiger partial charge in [-0.1, -0.05) is 18.5 Å². The number of aromatic nitrogens is 2. The van der Waals surface area contributed by atoms with Crippen LogP contribution < -0.4 is 10.2 Å². The molecule has 4 nitrogen and oxygen atoms in total. The fourth-order valence-electron chi connectivity index (χ4n) is 2.34. The number of hydrogen-bond donors (Lipinski definition) is 1. The van der Waals surface area contributed by atoms with Crippen LogP contribution in [-0.2, 0) is 0 Å². The number of rotatable bonds is 4. The Kier molecular flexibility index (Phi) is 5.13. The normalized spacial score (nSPS) is 19.7. The molecule has 0 spiro atoms. The summed E-state index contributed by atoms with van der Waals surface area (Å²) >= 11 is 6.05. The van der Waals surface area contributed by atoms with Crippen molar-refractivity contribution < 1.29 is 13.2 Å². The number of alkyl halides is 3. The first kappa shape index (κ1) is 16.1. The van der Waals surface area contributed by atoms with E-state index in [-0.39, 0.29) is 18.0 Å². The molecule has 8 heteroatoms.